The molecule has 8 heteroatoms. The first-order valence-electron chi connectivity index (χ1n) is 6.91. The van der Waals surface area contributed by atoms with Gasteiger partial charge in [-0.1, -0.05) is 28.1 Å². The molecule has 0 atom stereocenters. The highest BCUT2D eigenvalue weighted by molar-refractivity contribution is 9.10. The van der Waals surface area contributed by atoms with Gasteiger partial charge in [0.25, 0.3) is 15.7 Å². The Morgan fingerprint density at radius 2 is 2.00 bits per heavy atom. The standard InChI is InChI=1S/C16H15BrN2O4S/c1-3-9-18(13-7-8-16(17)12(2)10-13)24(22,23)15-6-4-5-14(11-15)19(20)21/h3-8,10-11H,1,9H2,2H3. The summed E-state index contributed by atoms with van der Waals surface area (Å²) in [7, 11) is -3.96. The SMILES string of the molecule is C=CCN(c1ccc(Br)c(C)c1)S(=O)(=O)c1cccc([N+](=O)[O-])c1. The van der Waals surface area contributed by atoms with Crippen molar-refractivity contribution in [2.24, 2.45) is 0 Å². The van der Waals surface area contributed by atoms with Crippen molar-refractivity contribution < 1.29 is 13.3 Å². The van der Waals surface area contributed by atoms with Gasteiger partial charge in [-0.25, -0.2) is 8.42 Å². The van der Waals surface area contributed by atoms with Crippen LogP contribution >= 0.6 is 15.9 Å². The monoisotopic (exact) mass is 410 g/mol. The van der Waals surface area contributed by atoms with Crippen LogP contribution in [-0.4, -0.2) is 19.9 Å². The summed E-state index contributed by atoms with van der Waals surface area (Å²) in [6.45, 7) is 5.49. The van der Waals surface area contributed by atoms with Crippen molar-refractivity contribution in [3.8, 4) is 0 Å². The molecule has 0 spiro atoms. The van der Waals surface area contributed by atoms with Gasteiger partial charge in [0.1, 0.15) is 0 Å². The zero-order chi connectivity index (χ0) is 17.9. The number of benzene rings is 2. The second-order valence-electron chi connectivity index (χ2n) is 5.01. The normalized spacial score (nSPS) is 11.1. The molecule has 0 N–H and O–H groups in total. The first kappa shape index (κ1) is 18.2. The maximum Gasteiger partial charge on any atom is 0.270 e. The quantitative estimate of drug-likeness (QED) is 0.408. The number of nitrogens with zero attached hydrogens (tertiary/aromatic N) is 2. The van der Waals surface area contributed by atoms with Crippen molar-refractivity contribution >= 4 is 37.3 Å². The van der Waals surface area contributed by atoms with Gasteiger partial charge in [-0.05, 0) is 36.8 Å². The van der Waals surface area contributed by atoms with Gasteiger partial charge in [0.05, 0.1) is 22.1 Å². The molecule has 6 nitrogen and oxygen atoms in total. The Morgan fingerprint density at radius 1 is 1.29 bits per heavy atom. The highest BCUT2D eigenvalue weighted by Gasteiger charge is 2.26. The largest absolute Gasteiger partial charge is 0.270 e. The van der Waals surface area contributed by atoms with Crippen LogP contribution in [0.1, 0.15) is 5.56 Å². The Labute approximate surface area is 148 Å². The second-order valence-corrected chi connectivity index (χ2v) is 7.73. The molecule has 0 heterocycles. The number of halogens is 1. The van der Waals surface area contributed by atoms with Crippen LogP contribution in [0.4, 0.5) is 11.4 Å². The molecule has 2 aromatic carbocycles. The van der Waals surface area contributed by atoms with E-state index in [-0.39, 0.29) is 17.1 Å². The van der Waals surface area contributed by atoms with Crippen LogP contribution < -0.4 is 4.31 Å². The zero-order valence-electron chi connectivity index (χ0n) is 12.8. The summed E-state index contributed by atoms with van der Waals surface area (Å²) in [6.07, 6.45) is 1.46. The van der Waals surface area contributed by atoms with E-state index in [9.17, 15) is 18.5 Å². The third-order valence-electron chi connectivity index (χ3n) is 3.34. The van der Waals surface area contributed by atoms with Gasteiger partial charge in [0.15, 0.2) is 0 Å². The van der Waals surface area contributed by atoms with E-state index in [0.717, 1.165) is 16.1 Å². The fraction of sp³-hybridized carbons (Fsp3) is 0.125. The van der Waals surface area contributed by atoms with E-state index >= 15 is 0 Å². The lowest BCUT2D eigenvalue weighted by Crippen LogP contribution is -2.31. The summed E-state index contributed by atoms with van der Waals surface area (Å²) in [5, 5.41) is 10.9. The van der Waals surface area contributed by atoms with E-state index in [0.29, 0.717) is 5.69 Å². The van der Waals surface area contributed by atoms with Crippen LogP contribution in [0.25, 0.3) is 0 Å². The van der Waals surface area contributed by atoms with Crippen molar-refractivity contribution in [3.05, 3.63) is 75.3 Å². The topological polar surface area (TPSA) is 80.5 Å². The number of anilines is 1. The molecule has 0 saturated heterocycles. The number of non-ortho nitro benzene ring substituents is 1. The fourth-order valence-electron chi connectivity index (χ4n) is 2.13. The van der Waals surface area contributed by atoms with Crippen molar-refractivity contribution in [3.63, 3.8) is 0 Å². The predicted octanol–water partition coefficient (Wildman–Crippen LogP) is 4.05. The zero-order valence-corrected chi connectivity index (χ0v) is 15.2. The van der Waals surface area contributed by atoms with E-state index in [1.165, 1.54) is 28.6 Å². The molecular weight excluding hydrogens is 396 g/mol. The molecule has 0 saturated carbocycles. The third kappa shape index (κ3) is 3.65. The van der Waals surface area contributed by atoms with E-state index in [4.69, 9.17) is 0 Å². The summed E-state index contributed by atoms with van der Waals surface area (Å²) in [6, 6.07) is 10.1. The minimum Gasteiger partial charge on any atom is -0.263 e. The number of nitro benzene ring substituents is 1. The van der Waals surface area contributed by atoms with Crippen LogP contribution in [0.3, 0.4) is 0 Å². The molecule has 24 heavy (non-hydrogen) atoms. The first-order valence-corrected chi connectivity index (χ1v) is 9.15. The van der Waals surface area contributed by atoms with Crippen molar-refractivity contribution in [2.75, 3.05) is 10.8 Å². The van der Waals surface area contributed by atoms with Gasteiger partial charge in [-0.15, -0.1) is 6.58 Å². The lowest BCUT2D eigenvalue weighted by Gasteiger charge is -2.23. The number of sulfonamides is 1. The minimum atomic E-state index is -3.96. The summed E-state index contributed by atoms with van der Waals surface area (Å²) < 4.78 is 27.9. The van der Waals surface area contributed by atoms with Gasteiger partial charge < -0.3 is 0 Å². The molecule has 126 valence electrons. The van der Waals surface area contributed by atoms with Gasteiger partial charge in [0.2, 0.25) is 0 Å². The second kappa shape index (κ2) is 7.14. The molecule has 0 fully saturated rings. The molecule has 0 amide bonds. The van der Waals surface area contributed by atoms with Crippen molar-refractivity contribution in [1.82, 2.24) is 0 Å². The Hall–Kier alpha value is -2.19. The summed E-state index contributed by atoms with van der Waals surface area (Å²) in [5.41, 5.74) is 1.06. The fourth-order valence-corrected chi connectivity index (χ4v) is 3.84. The molecule has 0 unspecified atom stereocenters. The highest BCUT2D eigenvalue weighted by Crippen LogP contribution is 2.28. The molecule has 0 radical (unpaired) electrons. The molecule has 2 aromatic rings. The van der Waals surface area contributed by atoms with Crippen LogP contribution in [0.5, 0.6) is 0 Å². The van der Waals surface area contributed by atoms with Gasteiger partial charge in [0, 0.05) is 16.6 Å². The Kier molecular flexibility index (Phi) is 5.40. The Morgan fingerprint density at radius 3 is 2.58 bits per heavy atom. The summed E-state index contributed by atoms with van der Waals surface area (Å²) >= 11 is 3.38. The van der Waals surface area contributed by atoms with Gasteiger partial charge in [-0.3, -0.25) is 14.4 Å². The van der Waals surface area contributed by atoms with E-state index in [1.807, 2.05) is 6.92 Å². The Bertz CT molecular complexity index is 897. The molecular formula is C16H15BrN2O4S. The molecule has 0 aliphatic carbocycles. The van der Waals surface area contributed by atoms with Crippen molar-refractivity contribution in [2.45, 2.75) is 11.8 Å². The predicted molar refractivity (Wildman–Crippen MR) is 96.7 cm³/mol. The number of hydrogen-bond donors (Lipinski definition) is 0. The van der Waals surface area contributed by atoms with Crippen LogP contribution in [0.15, 0.2) is 64.5 Å². The Balaban J connectivity index is 2.56. The van der Waals surface area contributed by atoms with E-state index < -0.39 is 14.9 Å². The first-order chi connectivity index (χ1) is 11.3. The maximum atomic E-state index is 12.9. The van der Waals surface area contributed by atoms with E-state index in [1.54, 1.807) is 18.2 Å². The molecule has 0 aromatic heterocycles. The van der Waals surface area contributed by atoms with E-state index in [2.05, 4.69) is 22.5 Å². The van der Waals surface area contributed by atoms with Crippen LogP contribution in [0.2, 0.25) is 0 Å². The average molecular weight is 411 g/mol. The molecule has 0 bridgehead atoms. The highest BCUT2D eigenvalue weighted by atomic mass is 79.9. The summed E-state index contributed by atoms with van der Waals surface area (Å²) in [4.78, 5) is 10.1. The van der Waals surface area contributed by atoms with Gasteiger partial charge >= 0.3 is 0 Å². The number of aryl methyl sites for hydroxylation is 1. The third-order valence-corrected chi connectivity index (χ3v) is 6.02. The number of nitro groups is 1. The molecule has 2 rings (SSSR count). The van der Waals surface area contributed by atoms with Crippen LogP contribution in [-0.2, 0) is 10.0 Å². The lowest BCUT2D eigenvalue weighted by atomic mass is 10.2. The number of rotatable bonds is 6. The number of hydrogen-bond acceptors (Lipinski definition) is 4. The van der Waals surface area contributed by atoms with Gasteiger partial charge in [-0.2, -0.15) is 0 Å². The summed E-state index contributed by atoms with van der Waals surface area (Å²) in [5.74, 6) is 0. The van der Waals surface area contributed by atoms with Crippen molar-refractivity contribution in [1.29, 1.82) is 0 Å². The lowest BCUT2D eigenvalue weighted by molar-refractivity contribution is -0.385. The van der Waals surface area contributed by atoms with Crippen LogP contribution in [0, 0.1) is 17.0 Å². The smallest absolute Gasteiger partial charge is 0.263 e. The maximum absolute atomic E-state index is 12.9. The minimum absolute atomic E-state index is 0.0477. The molecule has 0 aliphatic rings. The average Bonchev–Trinajstić information content (AvgIpc) is 2.55. The molecule has 0 aliphatic heterocycles.